The molecule has 0 aliphatic heterocycles. The van der Waals surface area contributed by atoms with Crippen LogP contribution in [0.4, 0.5) is 0 Å². The average Bonchev–Trinajstić information content (AvgIpc) is 2.75. The van der Waals surface area contributed by atoms with E-state index in [2.05, 4.69) is 35.1 Å². The molecule has 1 aromatic heterocycles. The molecule has 1 saturated carbocycles. The fourth-order valence-electron chi connectivity index (χ4n) is 3.76. The number of hydrogen-bond donors (Lipinski definition) is 2. The number of pyridine rings is 1. The van der Waals surface area contributed by atoms with Crippen LogP contribution in [0.15, 0.2) is 66.9 Å². The van der Waals surface area contributed by atoms with Crippen molar-refractivity contribution in [2.24, 2.45) is 5.73 Å². The minimum atomic E-state index is -0.506. The zero-order valence-electron chi connectivity index (χ0n) is 16.4. The van der Waals surface area contributed by atoms with Crippen LogP contribution in [0.5, 0.6) is 11.6 Å². The van der Waals surface area contributed by atoms with E-state index in [1.165, 1.54) is 17.3 Å². The highest BCUT2D eigenvalue weighted by atomic mass is 16.5. The van der Waals surface area contributed by atoms with E-state index in [1.54, 1.807) is 12.1 Å². The van der Waals surface area contributed by atoms with Gasteiger partial charge >= 0.3 is 0 Å². The molecule has 3 aromatic rings. The molecule has 29 heavy (non-hydrogen) atoms. The number of nitrogens with zero attached hydrogens (tertiary/aromatic N) is 1. The zero-order valence-corrected chi connectivity index (χ0v) is 16.4. The molecule has 1 aliphatic rings. The number of nitrogens with one attached hydrogen (secondary N) is 1. The minimum Gasteiger partial charge on any atom is -0.438 e. The van der Waals surface area contributed by atoms with Gasteiger partial charge in [-0.3, -0.25) is 4.79 Å². The molecule has 0 bridgehead atoms. The van der Waals surface area contributed by atoms with Gasteiger partial charge < -0.3 is 15.8 Å². The largest absolute Gasteiger partial charge is 0.438 e. The van der Waals surface area contributed by atoms with E-state index in [-0.39, 0.29) is 0 Å². The van der Waals surface area contributed by atoms with E-state index >= 15 is 0 Å². The van der Waals surface area contributed by atoms with Crippen molar-refractivity contribution >= 4 is 16.7 Å². The van der Waals surface area contributed by atoms with Crippen molar-refractivity contribution in [1.82, 2.24) is 10.3 Å². The van der Waals surface area contributed by atoms with Gasteiger partial charge in [-0.05, 0) is 48.8 Å². The van der Waals surface area contributed by atoms with Gasteiger partial charge in [-0.15, -0.1) is 0 Å². The molecule has 0 atom stereocenters. The molecule has 2 aromatic carbocycles. The predicted molar refractivity (Wildman–Crippen MR) is 115 cm³/mol. The number of hydrogen-bond acceptors (Lipinski definition) is 4. The van der Waals surface area contributed by atoms with Crippen molar-refractivity contribution in [3.63, 3.8) is 0 Å². The summed E-state index contributed by atoms with van der Waals surface area (Å²) in [5.74, 6) is 0.653. The van der Waals surface area contributed by atoms with Crippen LogP contribution in [-0.4, -0.2) is 16.9 Å². The summed E-state index contributed by atoms with van der Waals surface area (Å²) >= 11 is 0. The van der Waals surface area contributed by atoms with E-state index < -0.39 is 5.91 Å². The Kier molecular flexibility index (Phi) is 5.58. The van der Waals surface area contributed by atoms with Crippen LogP contribution < -0.4 is 15.8 Å². The number of benzene rings is 2. The molecule has 148 valence electrons. The highest BCUT2D eigenvalue weighted by Gasteiger charge is 2.16. The van der Waals surface area contributed by atoms with Gasteiger partial charge in [0.2, 0.25) is 11.8 Å². The molecule has 0 unspecified atom stereocenters. The molecule has 0 saturated heterocycles. The summed E-state index contributed by atoms with van der Waals surface area (Å²) in [5.41, 5.74) is 8.24. The predicted octanol–water partition coefficient (Wildman–Crippen LogP) is 4.71. The normalized spacial score (nSPS) is 14.8. The Labute approximate surface area is 170 Å². The van der Waals surface area contributed by atoms with Crippen LogP contribution in [0.3, 0.4) is 0 Å². The number of allylic oxidation sites excluding steroid dienone is 1. The second-order valence-electron chi connectivity index (χ2n) is 7.53. The number of amides is 1. The first-order valence-corrected chi connectivity index (χ1v) is 9.94. The van der Waals surface area contributed by atoms with Gasteiger partial charge in [0.25, 0.3) is 0 Å². The van der Waals surface area contributed by atoms with E-state index in [0.29, 0.717) is 17.5 Å². The SMILES string of the molecule is C=C1CCC(NCc2ccc(Oc3ccc(C(N)=O)cn3)c3ccccc23)CC1. The molecule has 1 fully saturated rings. The van der Waals surface area contributed by atoms with Gasteiger partial charge in [0.15, 0.2) is 0 Å². The van der Waals surface area contributed by atoms with Gasteiger partial charge in [-0.2, -0.15) is 0 Å². The van der Waals surface area contributed by atoms with Crippen LogP contribution in [-0.2, 0) is 6.54 Å². The molecule has 5 heteroatoms. The second kappa shape index (κ2) is 8.45. The monoisotopic (exact) mass is 387 g/mol. The number of aromatic nitrogens is 1. The number of rotatable bonds is 6. The van der Waals surface area contributed by atoms with Gasteiger partial charge in [0, 0.05) is 30.2 Å². The Hall–Kier alpha value is -3.18. The Bertz CT molecular complexity index is 1030. The number of carbonyl (C=O) groups is 1. The molecular weight excluding hydrogens is 362 g/mol. The summed E-state index contributed by atoms with van der Waals surface area (Å²) in [5, 5.41) is 5.89. The van der Waals surface area contributed by atoms with E-state index in [9.17, 15) is 4.79 Å². The van der Waals surface area contributed by atoms with Crippen molar-refractivity contribution < 1.29 is 9.53 Å². The molecule has 0 radical (unpaired) electrons. The maximum atomic E-state index is 11.2. The lowest BCUT2D eigenvalue weighted by molar-refractivity contribution is 0.1000. The Morgan fingerprint density at radius 3 is 2.55 bits per heavy atom. The summed E-state index contributed by atoms with van der Waals surface area (Å²) in [4.78, 5) is 15.4. The molecule has 1 aliphatic carbocycles. The lowest BCUT2D eigenvalue weighted by Crippen LogP contribution is -2.30. The molecule has 3 N–H and O–H groups in total. The number of primary amides is 1. The Balaban J connectivity index is 1.53. The van der Waals surface area contributed by atoms with Crippen molar-refractivity contribution in [1.29, 1.82) is 0 Å². The summed E-state index contributed by atoms with van der Waals surface area (Å²) in [6, 6.07) is 16.1. The topological polar surface area (TPSA) is 77.2 Å². The van der Waals surface area contributed by atoms with Gasteiger partial charge in [-0.1, -0.05) is 42.5 Å². The molecule has 0 spiro atoms. The Morgan fingerprint density at radius 2 is 1.86 bits per heavy atom. The summed E-state index contributed by atoms with van der Waals surface area (Å²) in [7, 11) is 0. The van der Waals surface area contributed by atoms with Crippen molar-refractivity contribution in [3.8, 4) is 11.6 Å². The van der Waals surface area contributed by atoms with Crippen LogP contribution in [0.25, 0.3) is 10.8 Å². The zero-order chi connectivity index (χ0) is 20.2. The molecule has 5 nitrogen and oxygen atoms in total. The van der Waals surface area contributed by atoms with Crippen molar-refractivity contribution in [2.45, 2.75) is 38.3 Å². The lowest BCUT2D eigenvalue weighted by atomic mass is 9.91. The molecular formula is C24H25N3O2. The van der Waals surface area contributed by atoms with Crippen molar-refractivity contribution in [2.75, 3.05) is 0 Å². The van der Waals surface area contributed by atoms with Gasteiger partial charge in [-0.25, -0.2) is 4.98 Å². The number of nitrogens with two attached hydrogens (primary N) is 1. The molecule has 1 heterocycles. The van der Waals surface area contributed by atoms with E-state index in [4.69, 9.17) is 10.5 Å². The lowest BCUT2D eigenvalue weighted by Gasteiger charge is -2.25. The third-order valence-corrected chi connectivity index (χ3v) is 5.48. The second-order valence-corrected chi connectivity index (χ2v) is 7.53. The fraction of sp³-hybridized carbons (Fsp3) is 0.250. The summed E-state index contributed by atoms with van der Waals surface area (Å²) in [6.45, 7) is 4.92. The third-order valence-electron chi connectivity index (χ3n) is 5.48. The first-order chi connectivity index (χ1) is 14.1. The van der Waals surface area contributed by atoms with Crippen LogP contribution in [0.2, 0.25) is 0 Å². The number of fused-ring (bicyclic) bond motifs is 1. The fourth-order valence-corrected chi connectivity index (χ4v) is 3.76. The molecule has 4 rings (SSSR count). The van der Waals surface area contributed by atoms with Crippen LogP contribution in [0.1, 0.15) is 41.6 Å². The maximum Gasteiger partial charge on any atom is 0.250 e. The first-order valence-electron chi connectivity index (χ1n) is 9.94. The van der Waals surface area contributed by atoms with Crippen LogP contribution in [0, 0.1) is 0 Å². The third kappa shape index (κ3) is 4.46. The Morgan fingerprint density at radius 1 is 1.10 bits per heavy atom. The highest BCUT2D eigenvalue weighted by Crippen LogP contribution is 2.32. The minimum absolute atomic E-state index is 0.356. The van der Waals surface area contributed by atoms with Gasteiger partial charge in [0.1, 0.15) is 5.75 Å². The van der Waals surface area contributed by atoms with E-state index in [0.717, 1.165) is 48.8 Å². The number of carbonyl (C=O) groups excluding carboxylic acids is 1. The maximum absolute atomic E-state index is 11.2. The molecule has 1 amide bonds. The van der Waals surface area contributed by atoms with E-state index in [1.807, 2.05) is 18.2 Å². The smallest absolute Gasteiger partial charge is 0.250 e. The van der Waals surface area contributed by atoms with Crippen molar-refractivity contribution in [3.05, 3.63) is 78.0 Å². The number of ether oxygens (including phenoxy) is 1. The standard InChI is InChI=1S/C24H25N3O2/c1-16-6-10-19(11-7-16)26-14-17-8-12-22(21-5-3-2-4-20(17)21)29-23-13-9-18(15-27-23)24(25)28/h2-5,8-9,12-13,15,19,26H,1,6-7,10-11,14H2,(H2,25,28). The van der Waals surface area contributed by atoms with Gasteiger partial charge in [0.05, 0.1) is 5.56 Å². The highest BCUT2D eigenvalue weighted by molar-refractivity contribution is 5.92. The average molecular weight is 387 g/mol. The summed E-state index contributed by atoms with van der Waals surface area (Å²) in [6.07, 6.45) is 5.98. The first kappa shape index (κ1) is 19.2. The quantitative estimate of drug-likeness (QED) is 0.600. The summed E-state index contributed by atoms with van der Waals surface area (Å²) < 4.78 is 5.99. The van der Waals surface area contributed by atoms with Crippen LogP contribution >= 0.6 is 0 Å².